The zero-order chi connectivity index (χ0) is 19.0. The van der Waals surface area contributed by atoms with Gasteiger partial charge in [-0.15, -0.1) is 0 Å². The standard InChI is InChI=1S/C18H29N5O.C2H6/c1-3-20-17(15-6-9-21-16(15)12-19-2)22-11-8-18(13-22)7-4-5-10-23(18)14-24;1-2/h6,9,14,19,21H,3-5,7-8,10-13H2,1-2H3;1-2H3. The minimum absolute atomic E-state index is 0.00792. The number of nitrogens with zero attached hydrogens (tertiary/aromatic N) is 3. The molecule has 146 valence electrons. The third-order valence-electron chi connectivity index (χ3n) is 5.39. The number of piperidine rings is 1. The van der Waals surface area contributed by atoms with E-state index in [2.05, 4.69) is 28.2 Å². The number of aromatic amines is 1. The van der Waals surface area contributed by atoms with Gasteiger partial charge >= 0.3 is 0 Å². The van der Waals surface area contributed by atoms with Crippen LogP contribution in [0.2, 0.25) is 0 Å². The Balaban J connectivity index is 0.00000117. The van der Waals surface area contributed by atoms with E-state index in [4.69, 9.17) is 4.99 Å². The number of amidine groups is 1. The first-order valence-electron chi connectivity index (χ1n) is 10.1. The van der Waals surface area contributed by atoms with E-state index < -0.39 is 0 Å². The van der Waals surface area contributed by atoms with Crippen LogP contribution in [0.15, 0.2) is 17.3 Å². The molecule has 1 amide bonds. The number of aliphatic imine (C=N–C) groups is 1. The summed E-state index contributed by atoms with van der Waals surface area (Å²) >= 11 is 0. The SMILES string of the molecule is CC.CCN=C(c1cc[nH]c1CNC)N1CCC2(CCCCN2C=O)C1. The number of H-pyrrole nitrogens is 1. The van der Waals surface area contributed by atoms with Gasteiger partial charge in [0.2, 0.25) is 6.41 Å². The molecule has 2 N–H and O–H groups in total. The summed E-state index contributed by atoms with van der Waals surface area (Å²) in [6.45, 7) is 10.4. The van der Waals surface area contributed by atoms with Crippen molar-refractivity contribution in [3.05, 3.63) is 23.5 Å². The Hall–Kier alpha value is -1.82. The summed E-state index contributed by atoms with van der Waals surface area (Å²) in [7, 11) is 1.95. The van der Waals surface area contributed by atoms with E-state index >= 15 is 0 Å². The van der Waals surface area contributed by atoms with Crippen LogP contribution in [0.5, 0.6) is 0 Å². The fraction of sp³-hybridized carbons (Fsp3) is 0.700. The Morgan fingerprint density at radius 1 is 1.35 bits per heavy atom. The van der Waals surface area contributed by atoms with Crippen molar-refractivity contribution in [1.82, 2.24) is 20.1 Å². The van der Waals surface area contributed by atoms with Crippen molar-refractivity contribution in [2.24, 2.45) is 4.99 Å². The molecular weight excluding hydrogens is 326 g/mol. The molecule has 0 radical (unpaired) electrons. The van der Waals surface area contributed by atoms with Crippen LogP contribution in [0.25, 0.3) is 0 Å². The molecule has 1 atom stereocenters. The molecule has 2 aliphatic heterocycles. The smallest absolute Gasteiger partial charge is 0.210 e. The Bertz CT molecular complexity index is 597. The highest BCUT2D eigenvalue weighted by molar-refractivity contribution is 6.00. The Kier molecular flexibility index (Phi) is 7.69. The molecule has 0 saturated carbocycles. The third kappa shape index (κ3) is 4.11. The molecule has 1 spiro atoms. The summed E-state index contributed by atoms with van der Waals surface area (Å²) in [6, 6.07) is 2.12. The summed E-state index contributed by atoms with van der Waals surface area (Å²) < 4.78 is 0. The maximum Gasteiger partial charge on any atom is 0.210 e. The first-order chi connectivity index (χ1) is 12.7. The number of likely N-dealkylation sites (tertiary alicyclic amines) is 2. The van der Waals surface area contributed by atoms with Crippen molar-refractivity contribution in [3.63, 3.8) is 0 Å². The van der Waals surface area contributed by atoms with Crippen LogP contribution in [0.4, 0.5) is 0 Å². The molecule has 26 heavy (non-hydrogen) atoms. The second-order valence-electron chi connectivity index (χ2n) is 6.85. The first kappa shape index (κ1) is 20.5. The zero-order valence-electron chi connectivity index (χ0n) is 16.8. The minimum atomic E-state index is 0.00792. The molecule has 2 saturated heterocycles. The molecular formula is C20H35N5O. The molecule has 1 aromatic heterocycles. The highest BCUT2D eigenvalue weighted by atomic mass is 16.1. The predicted octanol–water partition coefficient (Wildman–Crippen LogP) is 2.61. The molecule has 0 aromatic carbocycles. The number of aromatic nitrogens is 1. The Labute approximate surface area is 158 Å². The number of amides is 1. The molecule has 6 heteroatoms. The lowest BCUT2D eigenvalue weighted by Crippen LogP contribution is -2.53. The van der Waals surface area contributed by atoms with Crippen LogP contribution in [0.1, 0.15) is 57.7 Å². The third-order valence-corrected chi connectivity index (χ3v) is 5.39. The highest BCUT2D eigenvalue weighted by Gasteiger charge is 2.45. The molecule has 1 aromatic rings. The van der Waals surface area contributed by atoms with E-state index in [1.165, 1.54) is 17.7 Å². The predicted molar refractivity (Wildman–Crippen MR) is 108 cm³/mol. The van der Waals surface area contributed by atoms with Gasteiger partial charge in [-0.05, 0) is 45.7 Å². The Morgan fingerprint density at radius 3 is 2.85 bits per heavy atom. The largest absolute Gasteiger partial charge is 0.363 e. The van der Waals surface area contributed by atoms with Gasteiger partial charge in [-0.25, -0.2) is 0 Å². The quantitative estimate of drug-likeness (QED) is 0.481. The number of hydrogen-bond acceptors (Lipinski definition) is 3. The summed E-state index contributed by atoms with van der Waals surface area (Å²) in [5.41, 5.74) is 2.35. The van der Waals surface area contributed by atoms with Crippen LogP contribution in [-0.2, 0) is 11.3 Å². The summed E-state index contributed by atoms with van der Waals surface area (Å²) in [5.74, 6) is 1.07. The van der Waals surface area contributed by atoms with Crippen molar-refractivity contribution < 1.29 is 4.79 Å². The van der Waals surface area contributed by atoms with Crippen LogP contribution in [-0.4, -0.2) is 65.8 Å². The van der Waals surface area contributed by atoms with Crippen molar-refractivity contribution >= 4 is 12.2 Å². The molecule has 2 fully saturated rings. The fourth-order valence-corrected chi connectivity index (χ4v) is 4.20. The van der Waals surface area contributed by atoms with Gasteiger partial charge in [0.15, 0.2) is 0 Å². The molecule has 3 rings (SSSR count). The van der Waals surface area contributed by atoms with Crippen LogP contribution in [0, 0.1) is 0 Å². The van der Waals surface area contributed by atoms with Gasteiger partial charge in [-0.1, -0.05) is 13.8 Å². The van der Waals surface area contributed by atoms with Gasteiger partial charge in [0, 0.05) is 50.2 Å². The molecule has 0 aliphatic carbocycles. The lowest BCUT2D eigenvalue weighted by atomic mass is 9.86. The number of hydrogen-bond donors (Lipinski definition) is 2. The van der Waals surface area contributed by atoms with Crippen molar-refractivity contribution in [2.75, 3.05) is 33.2 Å². The molecule has 3 heterocycles. The molecule has 1 unspecified atom stereocenters. The maximum absolute atomic E-state index is 11.6. The average molecular weight is 362 g/mol. The number of nitrogens with one attached hydrogen (secondary N) is 2. The Morgan fingerprint density at radius 2 is 2.15 bits per heavy atom. The second kappa shape index (κ2) is 9.76. The number of rotatable bonds is 5. The van der Waals surface area contributed by atoms with Crippen molar-refractivity contribution in [3.8, 4) is 0 Å². The van der Waals surface area contributed by atoms with Crippen molar-refractivity contribution in [1.29, 1.82) is 0 Å². The van der Waals surface area contributed by atoms with Crippen LogP contribution >= 0.6 is 0 Å². The van der Waals surface area contributed by atoms with E-state index in [1.807, 2.05) is 32.0 Å². The van der Waals surface area contributed by atoms with Gasteiger partial charge in [0.05, 0.1) is 5.54 Å². The van der Waals surface area contributed by atoms with Crippen LogP contribution in [0.3, 0.4) is 0 Å². The van der Waals surface area contributed by atoms with E-state index in [1.54, 1.807) is 0 Å². The summed E-state index contributed by atoms with van der Waals surface area (Å²) in [4.78, 5) is 24.1. The van der Waals surface area contributed by atoms with Gasteiger partial charge in [0.25, 0.3) is 0 Å². The van der Waals surface area contributed by atoms with Gasteiger partial charge in [0.1, 0.15) is 5.84 Å². The lowest BCUT2D eigenvalue weighted by Gasteiger charge is -2.42. The van der Waals surface area contributed by atoms with E-state index in [-0.39, 0.29) is 5.54 Å². The minimum Gasteiger partial charge on any atom is -0.363 e. The summed E-state index contributed by atoms with van der Waals surface area (Å²) in [5, 5.41) is 3.21. The van der Waals surface area contributed by atoms with E-state index in [0.717, 1.165) is 64.2 Å². The van der Waals surface area contributed by atoms with Gasteiger partial charge in [-0.3, -0.25) is 9.79 Å². The molecule has 6 nitrogen and oxygen atoms in total. The lowest BCUT2D eigenvalue weighted by molar-refractivity contribution is -0.125. The van der Waals surface area contributed by atoms with Crippen molar-refractivity contribution in [2.45, 2.75) is 58.5 Å². The zero-order valence-corrected chi connectivity index (χ0v) is 16.8. The molecule has 2 aliphatic rings. The van der Waals surface area contributed by atoms with Crippen LogP contribution < -0.4 is 5.32 Å². The van der Waals surface area contributed by atoms with Gasteiger partial charge < -0.3 is 20.1 Å². The maximum atomic E-state index is 11.6. The normalized spacial score (nSPS) is 23.2. The monoisotopic (exact) mass is 361 g/mol. The van der Waals surface area contributed by atoms with E-state index in [0.29, 0.717) is 0 Å². The fourth-order valence-electron chi connectivity index (χ4n) is 4.20. The number of carbonyl (C=O) groups excluding carboxylic acids is 1. The van der Waals surface area contributed by atoms with E-state index in [9.17, 15) is 4.79 Å². The van der Waals surface area contributed by atoms with Gasteiger partial charge in [-0.2, -0.15) is 0 Å². The number of carbonyl (C=O) groups is 1. The average Bonchev–Trinajstić information content (AvgIpc) is 3.30. The second-order valence-corrected chi connectivity index (χ2v) is 6.85. The molecule has 0 bridgehead atoms. The highest BCUT2D eigenvalue weighted by Crippen LogP contribution is 2.36. The summed E-state index contributed by atoms with van der Waals surface area (Å²) in [6.07, 6.45) is 7.53. The first-order valence-corrected chi connectivity index (χ1v) is 10.1. The topological polar surface area (TPSA) is 63.7 Å².